The number of nitrogens with one attached hydrogen (secondary N) is 2. The molecule has 1 aliphatic heterocycles. The van der Waals surface area contributed by atoms with Crippen molar-refractivity contribution in [3.63, 3.8) is 0 Å². The summed E-state index contributed by atoms with van der Waals surface area (Å²) in [4.78, 5) is 19.3. The van der Waals surface area contributed by atoms with Crippen LogP contribution in [0, 0.1) is 0 Å². The van der Waals surface area contributed by atoms with E-state index in [0.717, 1.165) is 59.9 Å². The van der Waals surface area contributed by atoms with Crippen molar-refractivity contribution in [2.75, 3.05) is 26.2 Å². The molecule has 2 aromatic carbocycles. The average molecular weight is 539 g/mol. The van der Waals surface area contributed by atoms with Gasteiger partial charge >= 0.3 is 0 Å². The van der Waals surface area contributed by atoms with Gasteiger partial charge in [0, 0.05) is 84.7 Å². The first-order valence-electron chi connectivity index (χ1n) is 14.4. The van der Waals surface area contributed by atoms with E-state index in [1.165, 1.54) is 11.1 Å². The van der Waals surface area contributed by atoms with E-state index in [2.05, 4.69) is 101 Å². The maximum atomic E-state index is 4.90. The van der Waals surface area contributed by atoms with Crippen molar-refractivity contribution in [2.24, 2.45) is 20.0 Å². The van der Waals surface area contributed by atoms with Gasteiger partial charge in [0.1, 0.15) is 0 Å². The van der Waals surface area contributed by atoms with Crippen LogP contribution in [-0.4, -0.2) is 50.0 Å². The van der Waals surface area contributed by atoms with Crippen LogP contribution in [0.25, 0.3) is 0 Å². The summed E-state index contributed by atoms with van der Waals surface area (Å²) < 4.78 is 0. The summed E-state index contributed by atoms with van der Waals surface area (Å²) in [6.07, 6.45) is 5.70. The predicted octanol–water partition coefficient (Wildman–Crippen LogP) is 7.09. The zero-order valence-corrected chi connectivity index (χ0v) is 25.1. The number of nitrogens with zero attached hydrogens (tertiary/aromatic N) is 4. The predicted molar refractivity (Wildman–Crippen MR) is 173 cm³/mol. The van der Waals surface area contributed by atoms with Crippen LogP contribution in [0.15, 0.2) is 103 Å². The van der Waals surface area contributed by atoms with Crippen LogP contribution in [0.2, 0.25) is 0 Å². The Morgan fingerprint density at radius 2 is 0.975 bits per heavy atom. The molecule has 2 unspecified atom stereocenters. The molecule has 0 spiro atoms. The molecule has 0 radical (unpaired) electrons. The van der Waals surface area contributed by atoms with Gasteiger partial charge < -0.3 is 10.6 Å². The topological polar surface area (TPSA) is 73.5 Å². The number of benzene rings is 2. The third-order valence-corrected chi connectivity index (χ3v) is 7.08. The second-order valence-electron chi connectivity index (χ2n) is 10.3. The van der Waals surface area contributed by atoms with Gasteiger partial charge in [-0.05, 0) is 65.5 Å². The molecule has 2 aromatic rings. The van der Waals surface area contributed by atoms with E-state index in [1.54, 1.807) is 0 Å². The Morgan fingerprint density at radius 3 is 1.38 bits per heavy atom. The van der Waals surface area contributed by atoms with Crippen LogP contribution < -0.4 is 10.6 Å². The van der Waals surface area contributed by atoms with Crippen LogP contribution in [-0.2, 0) is 0 Å². The number of hydrogen-bond donors (Lipinski definition) is 2. The number of rotatable bonds is 6. The van der Waals surface area contributed by atoms with Gasteiger partial charge in [0.2, 0.25) is 0 Å². The molecule has 0 saturated heterocycles. The maximum absolute atomic E-state index is 4.90. The molecule has 40 heavy (non-hydrogen) atoms. The molecule has 0 aromatic heterocycles. The minimum Gasteiger partial charge on any atom is -0.381 e. The Balaban J connectivity index is 1.75. The van der Waals surface area contributed by atoms with Gasteiger partial charge in [0.15, 0.2) is 0 Å². The molecule has 6 nitrogen and oxygen atoms in total. The van der Waals surface area contributed by atoms with Crippen molar-refractivity contribution in [3.05, 3.63) is 94.3 Å². The lowest BCUT2D eigenvalue weighted by atomic mass is 10.1. The van der Waals surface area contributed by atoms with Crippen molar-refractivity contribution in [3.8, 4) is 0 Å². The second-order valence-corrected chi connectivity index (χ2v) is 10.3. The normalized spacial score (nSPS) is 19.6. The summed E-state index contributed by atoms with van der Waals surface area (Å²) in [5.41, 5.74) is 8.76. The van der Waals surface area contributed by atoms with Crippen molar-refractivity contribution >= 4 is 23.9 Å². The summed E-state index contributed by atoms with van der Waals surface area (Å²) in [5, 5.41) is 7.29. The van der Waals surface area contributed by atoms with E-state index in [0.29, 0.717) is 13.1 Å². The molecule has 6 heteroatoms. The van der Waals surface area contributed by atoms with Crippen LogP contribution in [0.4, 0.5) is 0 Å². The second kappa shape index (κ2) is 16.3. The molecule has 2 N–H and O–H groups in total. The van der Waals surface area contributed by atoms with Crippen molar-refractivity contribution in [1.82, 2.24) is 10.6 Å². The summed E-state index contributed by atoms with van der Waals surface area (Å²) in [6.45, 7) is 15.6. The van der Waals surface area contributed by atoms with Crippen LogP contribution in [0.1, 0.15) is 77.6 Å². The number of aliphatic imine (C=N–C) groups is 4. The standard InChI is InChI=1S/C34H46N6/c1-25(31-15-9-7-10-16-31)39-29(5)33-23-35-19-13-20-36-24-34(28(4)38-22-14-21-37-27(33)3)30(6)40-26(2)32-17-11-8-12-18-32/h7-12,15-18,23-26,39-40H,13-14,19-22H2,1-6H3. The third-order valence-electron chi connectivity index (χ3n) is 7.08. The van der Waals surface area contributed by atoms with Crippen LogP contribution in [0.3, 0.4) is 0 Å². The van der Waals surface area contributed by atoms with Gasteiger partial charge in [-0.3, -0.25) is 20.0 Å². The largest absolute Gasteiger partial charge is 0.381 e. The zero-order chi connectivity index (χ0) is 28.7. The highest BCUT2D eigenvalue weighted by molar-refractivity contribution is 6.16. The van der Waals surface area contributed by atoms with Gasteiger partial charge in [-0.2, -0.15) is 0 Å². The molecule has 0 fully saturated rings. The summed E-state index contributed by atoms with van der Waals surface area (Å²) >= 11 is 0. The van der Waals surface area contributed by atoms with Gasteiger partial charge in [0.05, 0.1) is 0 Å². The first-order chi connectivity index (χ1) is 19.4. The van der Waals surface area contributed by atoms with Gasteiger partial charge in [0.25, 0.3) is 0 Å². The van der Waals surface area contributed by atoms with E-state index in [9.17, 15) is 0 Å². The van der Waals surface area contributed by atoms with Crippen LogP contribution >= 0.6 is 0 Å². The molecule has 212 valence electrons. The smallest absolute Gasteiger partial charge is 0.0482 e. The fourth-order valence-corrected chi connectivity index (χ4v) is 4.68. The lowest BCUT2D eigenvalue weighted by Crippen LogP contribution is -2.21. The average Bonchev–Trinajstić information content (AvgIpc) is 2.96. The monoisotopic (exact) mass is 538 g/mol. The van der Waals surface area contributed by atoms with Gasteiger partial charge in [-0.1, -0.05) is 60.7 Å². The highest BCUT2D eigenvalue weighted by atomic mass is 14.9. The Morgan fingerprint density at radius 1 is 0.600 bits per heavy atom. The molecule has 0 amide bonds. The lowest BCUT2D eigenvalue weighted by molar-refractivity contribution is 0.653. The SMILES string of the molecule is CC1=NCCCN=C(C)C(=C(C)NC(C)c2ccccc2)C=NCCCN=CC1=C(C)NC(C)c1ccccc1. The zero-order valence-electron chi connectivity index (χ0n) is 25.1. The fraction of sp³-hybridized carbons (Fsp3) is 0.412. The van der Waals surface area contributed by atoms with E-state index < -0.39 is 0 Å². The first-order valence-corrected chi connectivity index (χ1v) is 14.4. The molecular formula is C34H46N6. The number of hydrogen-bond acceptors (Lipinski definition) is 6. The molecule has 3 rings (SSSR count). The van der Waals surface area contributed by atoms with Crippen molar-refractivity contribution < 1.29 is 0 Å². The third kappa shape index (κ3) is 9.74. The quantitative estimate of drug-likeness (QED) is 0.412. The van der Waals surface area contributed by atoms with E-state index in [4.69, 9.17) is 20.0 Å². The van der Waals surface area contributed by atoms with Crippen molar-refractivity contribution in [2.45, 2.75) is 66.5 Å². The minimum absolute atomic E-state index is 0.192. The van der Waals surface area contributed by atoms with Crippen LogP contribution in [0.5, 0.6) is 0 Å². The Hall–Kier alpha value is -3.80. The van der Waals surface area contributed by atoms with E-state index in [1.807, 2.05) is 24.6 Å². The Kier molecular flexibility index (Phi) is 12.6. The fourth-order valence-electron chi connectivity index (χ4n) is 4.68. The maximum Gasteiger partial charge on any atom is 0.0482 e. The summed E-state index contributed by atoms with van der Waals surface area (Å²) in [6, 6.07) is 21.4. The molecule has 1 heterocycles. The Bertz CT molecular complexity index is 1150. The Labute approximate surface area is 241 Å². The summed E-state index contributed by atoms with van der Waals surface area (Å²) in [5.74, 6) is 0. The van der Waals surface area contributed by atoms with E-state index >= 15 is 0 Å². The minimum atomic E-state index is 0.192. The molecule has 0 aliphatic carbocycles. The highest BCUT2D eigenvalue weighted by Crippen LogP contribution is 2.16. The molecule has 1 aliphatic rings. The van der Waals surface area contributed by atoms with E-state index in [-0.39, 0.29) is 12.1 Å². The van der Waals surface area contributed by atoms with Crippen molar-refractivity contribution in [1.29, 1.82) is 0 Å². The lowest BCUT2D eigenvalue weighted by Gasteiger charge is -2.19. The molecule has 2 atom stereocenters. The number of allylic oxidation sites excluding steroid dienone is 4. The first kappa shape index (κ1) is 30.7. The molecule has 0 bridgehead atoms. The summed E-state index contributed by atoms with van der Waals surface area (Å²) in [7, 11) is 0. The molecule has 0 saturated carbocycles. The van der Waals surface area contributed by atoms with Gasteiger partial charge in [-0.25, -0.2) is 0 Å². The molecular weight excluding hydrogens is 492 g/mol. The highest BCUT2D eigenvalue weighted by Gasteiger charge is 2.11. The van der Waals surface area contributed by atoms with Gasteiger partial charge in [-0.15, -0.1) is 0 Å².